The molecule has 0 spiro atoms. The Morgan fingerprint density at radius 2 is 1.02 bits per heavy atom. The van der Waals surface area contributed by atoms with Crippen molar-refractivity contribution in [1.82, 2.24) is 0 Å². The second-order valence-corrected chi connectivity index (χ2v) is 14.2. The second kappa shape index (κ2) is 12.6. The van der Waals surface area contributed by atoms with Gasteiger partial charge in [0.25, 0.3) is 0 Å². The molecule has 232 valence electrons. The minimum Gasteiger partial charge on any atom is -0.508 e. The van der Waals surface area contributed by atoms with E-state index in [-0.39, 0.29) is 27.8 Å². The normalized spacial score (nSPS) is 20.0. The molecule has 8 heteroatoms. The third-order valence-corrected chi connectivity index (χ3v) is 9.86. The van der Waals surface area contributed by atoms with Crippen LogP contribution in [-0.2, 0) is 9.47 Å². The van der Waals surface area contributed by atoms with Crippen LogP contribution in [0.2, 0.25) is 0 Å². The molecular weight excluding hydrogens is 613 g/mol. The Labute approximate surface area is 277 Å². The molecule has 2 heterocycles. The van der Waals surface area contributed by atoms with Crippen LogP contribution in [0, 0.1) is 5.41 Å². The molecule has 2 aliphatic heterocycles. The number of benzene rings is 4. The van der Waals surface area contributed by atoms with Crippen molar-refractivity contribution in [3.05, 3.63) is 144 Å². The molecule has 2 unspecified atom stereocenters. The molecule has 4 aromatic rings. The summed E-state index contributed by atoms with van der Waals surface area (Å²) in [5.74, 6) is 2.15. The lowest BCUT2D eigenvalue weighted by Crippen LogP contribution is -2.18. The number of allylic oxidation sites excluding steroid dienone is 2. The van der Waals surface area contributed by atoms with E-state index in [1.165, 1.54) is 0 Å². The lowest BCUT2D eigenvalue weighted by Gasteiger charge is -2.29. The minimum atomic E-state index is -0.300. The number of fused-ring (bicyclic) bond motifs is 2. The fourth-order valence-electron chi connectivity index (χ4n) is 5.64. The lowest BCUT2D eigenvalue weighted by molar-refractivity contribution is 0.165. The van der Waals surface area contributed by atoms with Crippen LogP contribution < -0.4 is 10.6 Å². The Kier molecular flexibility index (Phi) is 8.23. The smallest absolute Gasteiger partial charge is 0.169 e. The van der Waals surface area contributed by atoms with Crippen LogP contribution >= 0.6 is 23.5 Å². The standard InChI is InChI=1S/C38H34N2O4S2/c1-38(2)22-28(43-36-20-32(24-11-15-26(41)16-12-24)39-30-7-3-5-9-34(30)45-36)19-29(23-38)44-37-21-33(25-13-17-27(42)18-14-25)40-31-8-4-6-10-35(31)46-37/h3-18,20-23,36-37,39-42H,19H2,1-2H3. The summed E-state index contributed by atoms with van der Waals surface area (Å²) in [6.07, 6.45) is 9.06. The van der Waals surface area contributed by atoms with E-state index in [1.54, 1.807) is 47.8 Å². The number of phenolic OH excluding ortho intramolecular Hbond substituents is 2. The largest absolute Gasteiger partial charge is 0.508 e. The number of anilines is 2. The van der Waals surface area contributed by atoms with Gasteiger partial charge in [0.05, 0.1) is 17.8 Å². The van der Waals surface area contributed by atoms with E-state index in [2.05, 4.69) is 73.1 Å². The van der Waals surface area contributed by atoms with Crippen molar-refractivity contribution in [2.45, 2.75) is 40.9 Å². The van der Waals surface area contributed by atoms with Crippen LogP contribution in [0.3, 0.4) is 0 Å². The number of para-hydroxylation sites is 2. The van der Waals surface area contributed by atoms with Crippen molar-refractivity contribution in [2.24, 2.45) is 5.41 Å². The molecule has 6 nitrogen and oxygen atoms in total. The summed E-state index contributed by atoms with van der Waals surface area (Å²) in [7, 11) is 0. The molecule has 46 heavy (non-hydrogen) atoms. The first-order chi connectivity index (χ1) is 22.3. The number of hydrogen-bond donors (Lipinski definition) is 4. The van der Waals surface area contributed by atoms with E-state index in [9.17, 15) is 10.2 Å². The summed E-state index contributed by atoms with van der Waals surface area (Å²) >= 11 is 3.31. The summed E-state index contributed by atoms with van der Waals surface area (Å²) in [5, 5.41) is 26.9. The van der Waals surface area contributed by atoms with Crippen LogP contribution in [-0.4, -0.2) is 21.1 Å². The molecule has 0 radical (unpaired) electrons. The van der Waals surface area contributed by atoms with E-state index in [0.717, 1.165) is 55.2 Å². The van der Waals surface area contributed by atoms with Crippen molar-refractivity contribution in [2.75, 3.05) is 10.6 Å². The zero-order valence-electron chi connectivity index (χ0n) is 25.4. The molecule has 2 atom stereocenters. The molecule has 0 saturated carbocycles. The first-order valence-electron chi connectivity index (χ1n) is 15.1. The van der Waals surface area contributed by atoms with Crippen molar-refractivity contribution in [3.8, 4) is 11.5 Å². The number of nitrogens with one attached hydrogen (secondary N) is 2. The topological polar surface area (TPSA) is 83.0 Å². The molecule has 0 bridgehead atoms. The average Bonchev–Trinajstić information content (AvgIpc) is 3.32. The van der Waals surface area contributed by atoms with E-state index in [0.29, 0.717) is 6.42 Å². The highest BCUT2D eigenvalue weighted by Gasteiger charge is 2.28. The molecule has 0 amide bonds. The molecule has 3 aliphatic rings. The second-order valence-electron chi connectivity index (χ2n) is 11.9. The van der Waals surface area contributed by atoms with E-state index < -0.39 is 0 Å². The third-order valence-electron chi connectivity index (χ3n) is 7.71. The van der Waals surface area contributed by atoms with Gasteiger partial charge in [-0.1, -0.05) is 61.6 Å². The van der Waals surface area contributed by atoms with Gasteiger partial charge in [-0.2, -0.15) is 0 Å². The number of rotatable bonds is 6. The van der Waals surface area contributed by atoms with Gasteiger partial charge in [-0.3, -0.25) is 0 Å². The van der Waals surface area contributed by atoms with Crippen molar-refractivity contribution in [1.29, 1.82) is 0 Å². The summed E-state index contributed by atoms with van der Waals surface area (Å²) in [6, 6.07) is 30.8. The summed E-state index contributed by atoms with van der Waals surface area (Å²) in [4.78, 5) is 2.18. The molecule has 0 aromatic heterocycles. The van der Waals surface area contributed by atoms with E-state index in [4.69, 9.17) is 9.47 Å². The predicted molar refractivity (Wildman–Crippen MR) is 188 cm³/mol. The van der Waals surface area contributed by atoms with Gasteiger partial charge in [0.15, 0.2) is 10.9 Å². The van der Waals surface area contributed by atoms with E-state index in [1.807, 2.05) is 48.5 Å². The first kappa shape index (κ1) is 30.0. The van der Waals surface area contributed by atoms with Crippen LogP contribution in [0.1, 0.15) is 31.4 Å². The van der Waals surface area contributed by atoms with Crippen LogP contribution in [0.25, 0.3) is 11.4 Å². The Hall–Kier alpha value is -4.66. The fourth-order valence-corrected chi connectivity index (χ4v) is 7.70. The van der Waals surface area contributed by atoms with Gasteiger partial charge in [0.2, 0.25) is 0 Å². The highest BCUT2D eigenvalue weighted by atomic mass is 32.2. The molecule has 1 aliphatic carbocycles. The van der Waals surface area contributed by atoms with Crippen LogP contribution in [0.5, 0.6) is 11.5 Å². The molecule has 0 saturated heterocycles. The monoisotopic (exact) mass is 646 g/mol. The predicted octanol–water partition coefficient (Wildman–Crippen LogP) is 9.80. The average molecular weight is 647 g/mol. The van der Waals surface area contributed by atoms with E-state index >= 15 is 0 Å². The molecule has 4 aromatic carbocycles. The summed E-state index contributed by atoms with van der Waals surface area (Å²) in [5.41, 5.74) is 4.88. The van der Waals surface area contributed by atoms with Crippen LogP contribution in [0.15, 0.2) is 143 Å². The van der Waals surface area contributed by atoms with Gasteiger partial charge in [0, 0.05) is 26.6 Å². The molecule has 0 fully saturated rings. The zero-order chi connectivity index (χ0) is 31.7. The third kappa shape index (κ3) is 6.93. The Balaban J connectivity index is 1.15. The highest BCUT2D eigenvalue weighted by Crippen LogP contribution is 2.43. The molecule has 4 N–H and O–H groups in total. The van der Waals surface area contributed by atoms with Gasteiger partial charge in [-0.15, -0.1) is 0 Å². The number of aromatic hydroxyl groups is 2. The summed E-state index contributed by atoms with van der Waals surface area (Å²) < 4.78 is 13.5. The zero-order valence-corrected chi connectivity index (χ0v) is 27.1. The summed E-state index contributed by atoms with van der Waals surface area (Å²) in [6.45, 7) is 4.31. The number of hydrogen-bond acceptors (Lipinski definition) is 8. The molecule has 7 rings (SSSR count). The Bertz CT molecular complexity index is 1740. The van der Waals surface area contributed by atoms with Crippen LogP contribution in [0.4, 0.5) is 11.4 Å². The number of ether oxygens (including phenoxy) is 2. The van der Waals surface area contributed by atoms with Crippen molar-refractivity contribution < 1.29 is 19.7 Å². The maximum absolute atomic E-state index is 9.86. The number of phenols is 2. The van der Waals surface area contributed by atoms with Gasteiger partial charge < -0.3 is 30.3 Å². The van der Waals surface area contributed by atoms with Crippen molar-refractivity contribution >= 4 is 46.3 Å². The van der Waals surface area contributed by atoms with Gasteiger partial charge in [-0.05, 0) is 108 Å². The first-order valence-corrected chi connectivity index (χ1v) is 16.9. The quantitative estimate of drug-likeness (QED) is 0.165. The molecular formula is C38H34N2O4S2. The SMILES string of the molecule is CC1(C)C=C(OC2C=C(c3ccc(O)cc3)Nc3ccccc3S2)CC(OC2C=C(c3ccc(O)cc3)Nc3ccccc3S2)=C1. The van der Waals surface area contributed by atoms with Gasteiger partial charge >= 0.3 is 0 Å². The Morgan fingerprint density at radius 3 is 1.46 bits per heavy atom. The minimum absolute atomic E-state index is 0.227. The fraction of sp³-hybridized carbons (Fsp3) is 0.158. The van der Waals surface area contributed by atoms with Gasteiger partial charge in [0.1, 0.15) is 23.0 Å². The number of thioether (sulfide) groups is 2. The van der Waals surface area contributed by atoms with Crippen molar-refractivity contribution in [3.63, 3.8) is 0 Å². The maximum Gasteiger partial charge on any atom is 0.169 e. The van der Waals surface area contributed by atoms with Gasteiger partial charge in [-0.25, -0.2) is 0 Å². The Morgan fingerprint density at radius 1 is 0.609 bits per heavy atom. The highest BCUT2D eigenvalue weighted by molar-refractivity contribution is 8.00. The maximum atomic E-state index is 9.86. The lowest BCUT2D eigenvalue weighted by atomic mass is 9.87.